The zero-order chi connectivity index (χ0) is 10.0. The molecular formula is C10H17N3. The predicted molar refractivity (Wildman–Crippen MR) is 57.0 cm³/mol. The standard InChI is InChI=1S/C10H17N3/c1-6(2)9(12)7-4-3-5-8(11)10(7)13/h3-6,9H,11-13H2,1-2H3. The minimum Gasteiger partial charge on any atom is -0.397 e. The molecule has 0 heterocycles. The van der Waals surface area contributed by atoms with E-state index >= 15 is 0 Å². The molecule has 0 saturated heterocycles. The molecule has 6 N–H and O–H groups in total. The molecule has 13 heavy (non-hydrogen) atoms. The fraction of sp³-hybridized carbons (Fsp3) is 0.400. The van der Waals surface area contributed by atoms with Crippen LogP contribution in [-0.4, -0.2) is 0 Å². The number of nitrogen functional groups attached to an aromatic ring is 2. The van der Waals surface area contributed by atoms with Gasteiger partial charge in [-0.05, 0) is 17.5 Å². The highest BCUT2D eigenvalue weighted by atomic mass is 14.7. The fourth-order valence-corrected chi connectivity index (χ4v) is 1.25. The first kappa shape index (κ1) is 9.86. The molecule has 0 fully saturated rings. The number of para-hydroxylation sites is 1. The topological polar surface area (TPSA) is 78.1 Å². The minimum atomic E-state index is -0.0384. The largest absolute Gasteiger partial charge is 0.397 e. The molecule has 0 saturated carbocycles. The van der Waals surface area contributed by atoms with Crippen molar-refractivity contribution in [3.05, 3.63) is 23.8 Å². The van der Waals surface area contributed by atoms with Crippen LogP contribution in [0.5, 0.6) is 0 Å². The normalized spacial score (nSPS) is 13.2. The molecular weight excluding hydrogens is 162 g/mol. The lowest BCUT2D eigenvalue weighted by Gasteiger charge is -2.18. The summed E-state index contributed by atoms with van der Waals surface area (Å²) in [5, 5.41) is 0. The van der Waals surface area contributed by atoms with E-state index in [4.69, 9.17) is 17.2 Å². The number of nitrogens with two attached hydrogens (primary N) is 3. The second-order valence-corrected chi connectivity index (χ2v) is 3.62. The number of hydrogen-bond acceptors (Lipinski definition) is 3. The van der Waals surface area contributed by atoms with Crippen molar-refractivity contribution in [1.29, 1.82) is 0 Å². The zero-order valence-electron chi connectivity index (χ0n) is 8.12. The van der Waals surface area contributed by atoms with E-state index in [0.29, 0.717) is 17.3 Å². The van der Waals surface area contributed by atoms with Crippen molar-refractivity contribution in [2.24, 2.45) is 11.7 Å². The Bertz CT molecular complexity index is 294. The van der Waals surface area contributed by atoms with Crippen LogP contribution in [0.3, 0.4) is 0 Å². The quantitative estimate of drug-likeness (QED) is 0.602. The summed E-state index contributed by atoms with van der Waals surface area (Å²) >= 11 is 0. The monoisotopic (exact) mass is 179 g/mol. The van der Waals surface area contributed by atoms with Crippen molar-refractivity contribution in [2.45, 2.75) is 19.9 Å². The van der Waals surface area contributed by atoms with Crippen LogP contribution in [0.2, 0.25) is 0 Å². The van der Waals surface area contributed by atoms with Crippen molar-refractivity contribution >= 4 is 11.4 Å². The van der Waals surface area contributed by atoms with Gasteiger partial charge in [0.25, 0.3) is 0 Å². The minimum absolute atomic E-state index is 0.0384. The zero-order valence-corrected chi connectivity index (χ0v) is 8.12. The van der Waals surface area contributed by atoms with Gasteiger partial charge in [-0.3, -0.25) is 0 Å². The van der Waals surface area contributed by atoms with Crippen LogP contribution < -0.4 is 17.2 Å². The van der Waals surface area contributed by atoms with Crippen LogP contribution in [0.4, 0.5) is 11.4 Å². The van der Waals surface area contributed by atoms with Gasteiger partial charge in [-0.15, -0.1) is 0 Å². The van der Waals surface area contributed by atoms with Crippen LogP contribution in [-0.2, 0) is 0 Å². The lowest BCUT2D eigenvalue weighted by molar-refractivity contribution is 0.515. The number of rotatable bonds is 2. The Labute approximate surface area is 78.9 Å². The summed E-state index contributed by atoms with van der Waals surface area (Å²) in [5.74, 6) is 0.365. The average molecular weight is 179 g/mol. The molecule has 0 aliphatic carbocycles. The van der Waals surface area contributed by atoms with Gasteiger partial charge in [-0.1, -0.05) is 26.0 Å². The molecule has 1 aromatic rings. The smallest absolute Gasteiger partial charge is 0.0596 e. The number of benzene rings is 1. The summed E-state index contributed by atoms with van der Waals surface area (Å²) in [7, 11) is 0. The second kappa shape index (κ2) is 3.66. The third-order valence-electron chi connectivity index (χ3n) is 2.25. The van der Waals surface area contributed by atoms with Gasteiger partial charge in [0.2, 0.25) is 0 Å². The Balaban J connectivity index is 3.07. The van der Waals surface area contributed by atoms with Crippen molar-refractivity contribution in [3.8, 4) is 0 Å². The summed E-state index contributed by atoms with van der Waals surface area (Å²) in [6.07, 6.45) is 0. The maximum Gasteiger partial charge on any atom is 0.0596 e. The SMILES string of the molecule is CC(C)C(N)c1cccc(N)c1N. The maximum absolute atomic E-state index is 5.97. The second-order valence-electron chi connectivity index (χ2n) is 3.62. The highest BCUT2D eigenvalue weighted by Gasteiger charge is 2.13. The number of anilines is 2. The van der Waals surface area contributed by atoms with Gasteiger partial charge in [0, 0.05) is 6.04 Å². The molecule has 1 atom stereocenters. The Morgan fingerprint density at radius 1 is 1.15 bits per heavy atom. The van der Waals surface area contributed by atoms with Crippen LogP contribution >= 0.6 is 0 Å². The molecule has 0 aliphatic rings. The van der Waals surface area contributed by atoms with Crippen molar-refractivity contribution in [1.82, 2.24) is 0 Å². The van der Waals surface area contributed by atoms with E-state index < -0.39 is 0 Å². The van der Waals surface area contributed by atoms with Crippen molar-refractivity contribution in [2.75, 3.05) is 11.5 Å². The van der Waals surface area contributed by atoms with Crippen LogP contribution in [0.25, 0.3) is 0 Å². The van der Waals surface area contributed by atoms with E-state index in [-0.39, 0.29) is 6.04 Å². The molecule has 1 unspecified atom stereocenters. The molecule has 1 rings (SSSR count). The van der Waals surface area contributed by atoms with E-state index in [1.165, 1.54) is 0 Å². The van der Waals surface area contributed by atoms with Crippen LogP contribution in [0.15, 0.2) is 18.2 Å². The summed E-state index contributed by atoms with van der Waals surface area (Å²) < 4.78 is 0. The summed E-state index contributed by atoms with van der Waals surface area (Å²) in [6.45, 7) is 4.13. The van der Waals surface area contributed by atoms with Crippen molar-refractivity contribution in [3.63, 3.8) is 0 Å². The molecule has 0 amide bonds. The van der Waals surface area contributed by atoms with Gasteiger partial charge < -0.3 is 17.2 Å². The Morgan fingerprint density at radius 2 is 1.77 bits per heavy atom. The van der Waals surface area contributed by atoms with Gasteiger partial charge >= 0.3 is 0 Å². The molecule has 0 aliphatic heterocycles. The summed E-state index contributed by atoms with van der Waals surface area (Å²) in [6, 6.07) is 5.55. The molecule has 1 aromatic carbocycles. The predicted octanol–water partition coefficient (Wildman–Crippen LogP) is 1.51. The Kier molecular flexibility index (Phi) is 2.78. The fourth-order valence-electron chi connectivity index (χ4n) is 1.25. The molecule has 0 radical (unpaired) electrons. The first-order valence-electron chi connectivity index (χ1n) is 4.43. The van der Waals surface area contributed by atoms with E-state index in [1.54, 1.807) is 6.07 Å². The Morgan fingerprint density at radius 3 is 2.31 bits per heavy atom. The highest BCUT2D eigenvalue weighted by Crippen LogP contribution is 2.27. The molecule has 72 valence electrons. The first-order valence-corrected chi connectivity index (χ1v) is 4.43. The van der Waals surface area contributed by atoms with E-state index in [2.05, 4.69) is 13.8 Å². The molecule has 0 aromatic heterocycles. The van der Waals surface area contributed by atoms with Gasteiger partial charge in [-0.2, -0.15) is 0 Å². The van der Waals surface area contributed by atoms with Gasteiger partial charge in [0.05, 0.1) is 11.4 Å². The lowest BCUT2D eigenvalue weighted by atomic mass is 9.95. The highest BCUT2D eigenvalue weighted by molar-refractivity contribution is 5.67. The molecule has 0 bridgehead atoms. The average Bonchev–Trinajstić information content (AvgIpc) is 2.08. The summed E-state index contributed by atoms with van der Waals surface area (Å²) in [4.78, 5) is 0. The van der Waals surface area contributed by atoms with Crippen LogP contribution in [0, 0.1) is 5.92 Å². The molecule has 3 heteroatoms. The lowest BCUT2D eigenvalue weighted by Crippen LogP contribution is -2.18. The van der Waals surface area contributed by atoms with Gasteiger partial charge in [0.15, 0.2) is 0 Å². The van der Waals surface area contributed by atoms with Crippen molar-refractivity contribution < 1.29 is 0 Å². The molecule has 3 nitrogen and oxygen atoms in total. The maximum atomic E-state index is 5.97. The summed E-state index contributed by atoms with van der Waals surface area (Å²) in [5.41, 5.74) is 19.6. The Hall–Kier alpha value is -1.22. The third-order valence-corrected chi connectivity index (χ3v) is 2.25. The van der Waals surface area contributed by atoms with E-state index in [0.717, 1.165) is 5.56 Å². The number of hydrogen-bond donors (Lipinski definition) is 3. The molecule has 0 spiro atoms. The van der Waals surface area contributed by atoms with Crippen LogP contribution in [0.1, 0.15) is 25.5 Å². The van der Waals surface area contributed by atoms with Gasteiger partial charge in [-0.25, -0.2) is 0 Å². The third kappa shape index (κ3) is 1.92. The first-order chi connectivity index (χ1) is 6.04. The van der Waals surface area contributed by atoms with Gasteiger partial charge in [0.1, 0.15) is 0 Å². The van der Waals surface area contributed by atoms with E-state index in [9.17, 15) is 0 Å². The van der Waals surface area contributed by atoms with E-state index in [1.807, 2.05) is 12.1 Å².